The molecule has 0 N–H and O–H groups in total. The van der Waals surface area contributed by atoms with Crippen LogP contribution in [0.2, 0.25) is 0 Å². The number of fused-ring (bicyclic) bond motifs is 5. The molecule has 0 aliphatic heterocycles. The normalized spacial score (nSPS) is 11.4. The Bertz CT molecular complexity index is 3180. The molecule has 0 aliphatic carbocycles. The van der Waals surface area contributed by atoms with Crippen molar-refractivity contribution in [1.29, 1.82) is 0 Å². The summed E-state index contributed by atoms with van der Waals surface area (Å²) in [6.07, 6.45) is 0. The topological polar surface area (TPSA) is 8.17 Å². The van der Waals surface area contributed by atoms with Crippen molar-refractivity contribution in [2.45, 2.75) is 0 Å². The van der Waals surface area contributed by atoms with Crippen LogP contribution in [0.15, 0.2) is 231 Å². The van der Waals surface area contributed by atoms with E-state index in [0.717, 1.165) is 33.8 Å². The molecule has 11 aromatic rings. The molecule has 2 nitrogen and oxygen atoms in total. The lowest BCUT2D eigenvalue weighted by Gasteiger charge is -2.29. The van der Waals surface area contributed by atoms with Gasteiger partial charge >= 0.3 is 0 Å². The van der Waals surface area contributed by atoms with Gasteiger partial charge in [0.05, 0.1) is 16.7 Å². The summed E-state index contributed by atoms with van der Waals surface area (Å²) in [5, 5.41) is 7.37. The molecular formula is C56H38N2. The van der Waals surface area contributed by atoms with Gasteiger partial charge < -0.3 is 9.47 Å². The van der Waals surface area contributed by atoms with Crippen LogP contribution in [0.1, 0.15) is 0 Å². The van der Waals surface area contributed by atoms with Crippen LogP contribution in [-0.2, 0) is 0 Å². The second-order valence-corrected chi connectivity index (χ2v) is 14.9. The summed E-state index contributed by atoms with van der Waals surface area (Å²) in [5.41, 5.74) is 13.8. The molecule has 0 unspecified atom stereocenters. The summed E-state index contributed by atoms with van der Waals surface area (Å²) in [6, 6.07) is 83.9. The monoisotopic (exact) mass is 738 g/mol. The Hall–Kier alpha value is -7.68. The molecule has 0 saturated heterocycles. The van der Waals surface area contributed by atoms with Crippen LogP contribution in [0.4, 0.5) is 17.1 Å². The van der Waals surface area contributed by atoms with E-state index in [1.54, 1.807) is 0 Å². The van der Waals surface area contributed by atoms with E-state index in [9.17, 15) is 0 Å². The molecule has 0 aliphatic rings. The molecule has 272 valence electrons. The van der Waals surface area contributed by atoms with Crippen LogP contribution in [-0.4, -0.2) is 4.57 Å². The Kier molecular flexibility index (Phi) is 8.19. The number of hydrogen-bond acceptors (Lipinski definition) is 1. The number of rotatable bonds is 7. The van der Waals surface area contributed by atoms with Gasteiger partial charge in [-0.15, -0.1) is 0 Å². The van der Waals surface area contributed by atoms with E-state index < -0.39 is 0 Å². The molecule has 11 rings (SSSR count). The largest absolute Gasteiger partial charge is 0.310 e. The Morgan fingerprint density at radius 3 is 1.50 bits per heavy atom. The zero-order valence-electron chi connectivity index (χ0n) is 31.8. The van der Waals surface area contributed by atoms with Crippen molar-refractivity contribution in [1.82, 2.24) is 4.57 Å². The van der Waals surface area contributed by atoms with Crippen LogP contribution in [0.3, 0.4) is 0 Å². The molecule has 0 fully saturated rings. The molecule has 1 heterocycles. The molecule has 1 aromatic heterocycles. The van der Waals surface area contributed by atoms with Crippen LogP contribution >= 0.6 is 0 Å². The fourth-order valence-corrected chi connectivity index (χ4v) is 8.92. The molecule has 10 aromatic carbocycles. The Labute approximate surface area is 338 Å². The summed E-state index contributed by atoms with van der Waals surface area (Å²) in [5.74, 6) is 0. The number of para-hydroxylation sites is 3. The lowest BCUT2D eigenvalue weighted by Crippen LogP contribution is -2.12. The van der Waals surface area contributed by atoms with Gasteiger partial charge in [0.2, 0.25) is 0 Å². The SMILES string of the molecule is c1ccc(-c2ccccc2N(c2cc(-c3cccc4ccccc34)cc(-c3cccc4ccccc34)c2)c2ccc3c4ccccc4n(-c4ccccc4)c3c2)cc1. The van der Waals surface area contributed by atoms with Gasteiger partial charge in [-0.25, -0.2) is 0 Å². The predicted molar refractivity (Wildman–Crippen MR) is 247 cm³/mol. The average Bonchev–Trinajstić information content (AvgIpc) is 3.63. The van der Waals surface area contributed by atoms with E-state index in [4.69, 9.17) is 0 Å². The third kappa shape index (κ3) is 5.74. The standard InChI is InChI=1S/C56H38N2/c1-3-17-41(18-4-1)51-27-11-13-31-54(51)57(45-33-34-53-52-28-12-14-32-55(52)58(56(53)38-45)44-23-5-2-6-24-44)46-36-42(49-29-15-21-39-19-7-9-25-47(39)49)35-43(37-46)50-30-16-22-40-20-8-10-26-48(40)50/h1-38H. The van der Waals surface area contributed by atoms with Crippen molar-refractivity contribution < 1.29 is 0 Å². The fraction of sp³-hybridized carbons (Fsp3) is 0. The van der Waals surface area contributed by atoms with Crippen LogP contribution in [0.25, 0.3) is 82.4 Å². The highest BCUT2D eigenvalue weighted by Gasteiger charge is 2.22. The summed E-state index contributed by atoms with van der Waals surface area (Å²) >= 11 is 0. The first-order valence-electron chi connectivity index (χ1n) is 19.9. The van der Waals surface area contributed by atoms with Crippen molar-refractivity contribution in [2.24, 2.45) is 0 Å². The zero-order valence-corrected chi connectivity index (χ0v) is 31.8. The van der Waals surface area contributed by atoms with Crippen molar-refractivity contribution in [3.05, 3.63) is 231 Å². The highest BCUT2D eigenvalue weighted by Crippen LogP contribution is 2.46. The first-order valence-corrected chi connectivity index (χ1v) is 19.9. The summed E-state index contributed by atoms with van der Waals surface area (Å²) in [4.78, 5) is 2.47. The third-order valence-electron chi connectivity index (χ3n) is 11.5. The van der Waals surface area contributed by atoms with Gasteiger partial charge in [0, 0.05) is 33.4 Å². The van der Waals surface area contributed by atoms with E-state index in [1.807, 2.05) is 0 Å². The van der Waals surface area contributed by atoms with Crippen molar-refractivity contribution in [3.8, 4) is 39.1 Å². The number of anilines is 3. The van der Waals surface area contributed by atoms with E-state index in [2.05, 4.69) is 240 Å². The fourth-order valence-electron chi connectivity index (χ4n) is 8.92. The van der Waals surface area contributed by atoms with Crippen molar-refractivity contribution in [2.75, 3.05) is 4.90 Å². The number of aromatic nitrogens is 1. The summed E-state index contributed by atoms with van der Waals surface area (Å²) in [7, 11) is 0. The lowest BCUT2D eigenvalue weighted by molar-refractivity contribution is 1.18. The maximum absolute atomic E-state index is 2.47. The Balaban J connectivity index is 1.24. The Morgan fingerprint density at radius 2 is 0.810 bits per heavy atom. The average molecular weight is 739 g/mol. The maximum atomic E-state index is 2.47. The zero-order chi connectivity index (χ0) is 38.4. The van der Waals surface area contributed by atoms with Gasteiger partial charge in [-0.3, -0.25) is 0 Å². The molecule has 0 spiro atoms. The number of nitrogens with zero attached hydrogens (tertiary/aromatic N) is 2. The first kappa shape index (κ1) is 33.6. The van der Waals surface area contributed by atoms with Gasteiger partial charge in [0.25, 0.3) is 0 Å². The van der Waals surface area contributed by atoms with E-state index in [-0.39, 0.29) is 0 Å². The molecular weight excluding hydrogens is 701 g/mol. The van der Waals surface area contributed by atoms with Gasteiger partial charge in [-0.2, -0.15) is 0 Å². The maximum Gasteiger partial charge on any atom is 0.0561 e. The summed E-state index contributed by atoms with van der Waals surface area (Å²) in [6.45, 7) is 0. The minimum Gasteiger partial charge on any atom is -0.310 e. The van der Waals surface area contributed by atoms with Gasteiger partial charge in [-0.05, 0) is 104 Å². The molecule has 0 amide bonds. The molecule has 2 heteroatoms. The molecule has 58 heavy (non-hydrogen) atoms. The molecule has 0 bridgehead atoms. The minimum atomic E-state index is 1.08. The van der Waals surface area contributed by atoms with Gasteiger partial charge in [0.15, 0.2) is 0 Å². The Morgan fingerprint density at radius 1 is 0.293 bits per heavy atom. The van der Waals surface area contributed by atoms with Gasteiger partial charge in [0.1, 0.15) is 0 Å². The van der Waals surface area contributed by atoms with E-state index in [0.29, 0.717) is 0 Å². The van der Waals surface area contributed by atoms with Gasteiger partial charge in [-0.1, -0.05) is 176 Å². The van der Waals surface area contributed by atoms with Crippen molar-refractivity contribution in [3.63, 3.8) is 0 Å². The number of benzene rings is 10. The predicted octanol–water partition coefficient (Wildman–Crippen LogP) is 15.6. The first-order chi connectivity index (χ1) is 28.8. The second kappa shape index (κ2) is 14.1. The quantitative estimate of drug-likeness (QED) is 0.158. The van der Waals surface area contributed by atoms with Crippen molar-refractivity contribution >= 4 is 60.4 Å². The summed E-state index contributed by atoms with van der Waals surface area (Å²) < 4.78 is 2.41. The number of hydrogen-bond donors (Lipinski definition) is 0. The van der Waals surface area contributed by atoms with Crippen LogP contribution in [0, 0.1) is 0 Å². The minimum absolute atomic E-state index is 1.08. The lowest BCUT2D eigenvalue weighted by atomic mass is 9.92. The van der Waals surface area contributed by atoms with Crippen LogP contribution < -0.4 is 4.90 Å². The second-order valence-electron chi connectivity index (χ2n) is 14.9. The molecule has 0 atom stereocenters. The molecule has 0 radical (unpaired) electrons. The third-order valence-corrected chi connectivity index (χ3v) is 11.5. The van der Waals surface area contributed by atoms with E-state index in [1.165, 1.54) is 65.7 Å². The smallest absolute Gasteiger partial charge is 0.0561 e. The van der Waals surface area contributed by atoms with Crippen LogP contribution in [0.5, 0.6) is 0 Å². The van der Waals surface area contributed by atoms with E-state index >= 15 is 0 Å². The molecule has 0 saturated carbocycles. The highest BCUT2D eigenvalue weighted by atomic mass is 15.1. The highest BCUT2D eigenvalue weighted by molar-refractivity contribution is 6.11.